The molecule has 0 radical (unpaired) electrons. The molecule has 1 aromatic rings. The van der Waals surface area contributed by atoms with Crippen molar-refractivity contribution in [3.63, 3.8) is 0 Å². The molecule has 2 fully saturated rings. The molecule has 0 bridgehead atoms. The zero-order chi connectivity index (χ0) is 14.7. The molecule has 2 aliphatic rings. The monoisotopic (exact) mass is 288 g/mol. The molecule has 0 atom stereocenters. The maximum absolute atomic E-state index is 12.5. The third kappa shape index (κ3) is 3.02. The van der Waals surface area contributed by atoms with E-state index in [0.29, 0.717) is 16.8 Å². The van der Waals surface area contributed by atoms with Gasteiger partial charge in [0.15, 0.2) is 0 Å². The van der Waals surface area contributed by atoms with E-state index < -0.39 is 0 Å². The van der Waals surface area contributed by atoms with Crippen molar-refractivity contribution in [3.8, 4) is 0 Å². The fraction of sp³-hybridized carbons (Fsp3) is 0.625. The predicted molar refractivity (Wildman–Crippen MR) is 82.7 cm³/mol. The standard InChI is InChI=1S/C16H24N4O/c17-19-14-5-4-13(12-18-14)15(21)20-10-8-16(9-11-20)6-2-1-3-7-16/h4-5,12H,1-3,6-11,17H2,(H,18,19). The Morgan fingerprint density at radius 1 is 1.14 bits per heavy atom. The van der Waals surface area contributed by atoms with Crippen LogP contribution in [0.2, 0.25) is 0 Å². The van der Waals surface area contributed by atoms with E-state index in [1.807, 2.05) is 4.90 Å². The number of piperidine rings is 1. The number of nitrogens with zero attached hydrogens (tertiary/aromatic N) is 2. The first-order valence-electron chi connectivity index (χ1n) is 7.94. The van der Waals surface area contributed by atoms with Gasteiger partial charge in [0.25, 0.3) is 5.91 Å². The Morgan fingerprint density at radius 3 is 2.43 bits per heavy atom. The number of nitrogens with two attached hydrogens (primary N) is 1. The van der Waals surface area contributed by atoms with Crippen LogP contribution in [0.5, 0.6) is 0 Å². The highest BCUT2D eigenvalue weighted by Crippen LogP contribution is 2.44. The summed E-state index contributed by atoms with van der Waals surface area (Å²) in [4.78, 5) is 18.6. The van der Waals surface area contributed by atoms with Gasteiger partial charge < -0.3 is 10.3 Å². The molecule has 1 amide bonds. The minimum absolute atomic E-state index is 0.0942. The van der Waals surface area contributed by atoms with Crippen molar-refractivity contribution < 1.29 is 4.79 Å². The summed E-state index contributed by atoms with van der Waals surface area (Å²) in [5.41, 5.74) is 3.65. The number of amides is 1. The molecule has 1 saturated heterocycles. The largest absolute Gasteiger partial charge is 0.339 e. The number of pyridine rings is 1. The molecule has 1 saturated carbocycles. The molecular weight excluding hydrogens is 264 g/mol. The van der Waals surface area contributed by atoms with E-state index >= 15 is 0 Å². The molecule has 114 valence electrons. The van der Waals surface area contributed by atoms with Crippen molar-refractivity contribution in [2.24, 2.45) is 11.3 Å². The van der Waals surface area contributed by atoms with E-state index in [1.165, 1.54) is 32.1 Å². The molecule has 5 nitrogen and oxygen atoms in total. The number of nitrogen functional groups attached to an aromatic ring is 1. The van der Waals surface area contributed by atoms with E-state index in [1.54, 1.807) is 18.3 Å². The lowest BCUT2D eigenvalue weighted by Gasteiger charge is -2.44. The summed E-state index contributed by atoms with van der Waals surface area (Å²) in [6, 6.07) is 3.52. The van der Waals surface area contributed by atoms with Crippen LogP contribution in [-0.4, -0.2) is 28.9 Å². The number of hydrogen-bond acceptors (Lipinski definition) is 4. The van der Waals surface area contributed by atoms with Gasteiger partial charge in [-0.05, 0) is 43.2 Å². The average molecular weight is 288 g/mol. The van der Waals surface area contributed by atoms with Crippen LogP contribution < -0.4 is 11.3 Å². The normalized spacial score (nSPS) is 21.3. The van der Waals surface area contributed by atoms with Crippen molar-refractivity contribution >= 4 is 11.7 Å². The fourth-order valence-corrected chi connectivity index (χ4v) is 3.77. The van der Waals surface area contributed by atoms with Crippen LogP contribution in [0, 0.1) is 5.41 Å². The maximum atomic E-state index is 12.5. The molecule has 3 rings (SSSR count). The molecule has 21 heavy (non-hydrogen) atoms. The summed E-state index contributed by atoms with van der Waals surface area (Å²) in [5.74, 6) is 5.96. The number of rotatable bonds is 2. The van der Waals surface area contributed by atoms with Crippen LogP contribution in [0.4, 0.5) is 5.82 Å². The van der Waals surface area contributed by atoms with Gasteiger partial charge in [0, 0.05) is 19.3 Å². The first-order valence-corrected chi connectivity index (χ1v) is 7.94. The number of anilines is 1. The summed E-state index contributed by atoms with van der Waals surface area (Å²) >= 11 is 0. The maximum Gasteiger partial charge on any atom is 0.255 e. The second-order valence-corrected chi connectivity index (χ2v) is 6.43. The van der Waals surface area contributed by atoms with E-state index in [0.717, 1.165) is 25.9 Å². The number of aromatic nitrogens is 1. The Labute approximate surface area is 125 Å². The summed E-state index contributed by atoms with van der Waals surface area (Å²) in [5, 5.41) is 0. The molecule has 0 aromatic carbocycles. The van der Waals surface area contributed by atoms with Crippen molar-refractivity contribution in [2.75, 3.05) is 18.5 Å². The van der Waals surface area contributed by atoms with Crippen molar-refractivity contribution in [1.29, 1.82) is 0 Å². The smallest absolute Gasteiger partial charge is 0.255 e. The molecule has 3 N–H and O–H groups in total. The zero-order valence-corrected chi connectivity index (χ0v) is 12.5. The number of carbonyl (C=O) groups excluding carboxylic acids is 1. The minimum Gasteiger partial charge on any atom is -0.339 e. The lowest BCUT2D eigenvalue weighted by atomic mass is 9.68. The van der Waals surface area contributed by atoms with E-state index in [2.05, 4.69) is 10.4 Å². The molecule has 5 heteroatoms. The van der Waals surface area contributed by atoms with Crippen LogP contribution in [0.3, 0.4) is 0 Å². The van der Waals surface area contributed by atoms with Crippen LogP contribution in [0.25, 0.3) is 0 Å². The van der Waals surface area contributed by atoms with Gasteiger partial charge in [-0.2, -0.15) is 0 Å². The third-order valence-electron chi connectivity index (χ3n) is 5.18. The van der Waals surface area contributed by atoms with Gasteiger partial charge in [-0.15, -0.1) is 0 Å². The average Bonchev–Trinajstić information content (AvgIpc) is 2.56. The van der Waals surface area contributed by atoms with E-state index in [4.69, 9.17) is 5.84 Å². The summed E-state index contributed by atoms with van der Waals surface area (Å²) in [6.45, 7) is 1.77. The first kappa shape index (κ1) is 14.3. The molecule has 2 heterocycles. The van der Waals surface area contributed by atoms with Gasteiger partial charge in [0.2, 0.25) is 0 Å². The topological polar surface area (TPSA) is 71.2 Å². The Hall–Kier alpha value is -1.62. The molecule has 1 spiro atoms. The quantitative estimate of drug-likeness (QED) is 0.648. The Kier molecular flexibility index (Phi) is 4.10. The highest BCUT2D eigenvalue weighted by atomic mass is 16.2. The fourth-order valence-electron chi connectivity index (χ4n) is 3.77. The van der Waals surface area contributed by atoms with Gasteiger partial charge in [-0.3, -0.25) is 4.79 Å². The second kappa shape index (κ2) is 6.02. The summed E-state index contributed by atoms with van der Waals surface area (Å²) in [7, 11) is 0. The van der Waals surface area contributed by atoms with Crippen molar-refractivity contribution in [2.45, 2.75) is 44.9 Å². The Balaban J connectivity index is 1.61. The van der Waals surface area contributed by atoms with Gasteiger partial charge in [0.1, 0.15) is 5.82 Å². The molecule has 1 aliphatic carbocycles. The Bertz CT molecular complexity index is 484. The lowest BCUT2D eigenvalue weighted by Crippen LogP contribution is -2.43. The second-order valence-electron chi connectivity index (χ2n) is 6.43. The minimum atomic E-state index is 0.0942. The Morgan fingerprint density at radius 2 is 1.86 bits per heavy atom. The van der Waals surface area contributed by atoms with Gasteiger partial charge in [0.05, 0.1) is 5.56 Å². The summed E-state index contributed by atoms with van der Waals surface area (Å²) in [6.07, 6.45) is 10.8. The number of carbonyl (C=O) groups is 1. The van der Waals surface area contributed by atoms with Gasteiger partial charge in [-0.25, -0.2) is 10.8 Å². The van der Waals surface area contributed by atoms with Crippen LogP contribution >= 0.6 is 0 Å². The number of hydrogen-bond donors (Lipinski definition) is 2. The van der Waals surface area contributed by atoms with Crippen LogP contribution in [0.15, 0.2) is 18.3 Å². The predicted octanol–water partition coefficient (Wildman–Crippen LogP) is 2.55. The molecular formula is C16H24N4O. The van der Waals surface area contributed by atoms with Crippen molar-refractivity contribution in [1.82, 2.24) is 9.88 Å². The number of likely N-dealkylation sites (tertiary alicyclic amines) is 1. The molecule has 1 aliphatic heterocycles. The molecule has 0 unspecified atom stereocenters. The zero-order valence-electron chi connectivity index (χ0n) is 12.5. The van der Waals surface area contributed by atoms with E-state index in [9.17, 15) is 4.79 Å². The van der Waals surface area contributed by atoms with Crippen molar-refractivity contribution in [3.05, 3.63) is 23.9 Å². The molecule has 1 aromatic heterocycles. The van der Waals surface area contributed by atoms with Gasteiger partial charge >= 0.3 is 0 Å². The summed E-state index contributed by atoms with van der Waals surface area (Å²) < 4.78 is 0. The van der Waals surface area contributed by atoms with Crippen LogP contribution in [0.1, 0.15) is 55.3 Å². The van der Waals surface area contributed by atoms with Gasteiger partial charge in [-0.1, -0.05) is 19.3 Å². The van der Waals surface area contributed by atoms with E-state index in [-0.39, 0.29) is 5.91 Å². The highest BCUT2D eigenvalue weighted by molar-refractivity contribution is 5.94. The number of nitrogens with one attached hydrogen (secondary N) is 1. The highest BCUT2D eigenvalue weighted by Gasteiger charge is 2.36. The SMILES string of the molecule is NNc1ccc(C(=O)N2CCC3(CCCCC3)CC2)cn1. The first-order chi connectivity index (χ1) is 10.2. The number of hydrazine groups is 1. The van der Waals surface area contributed by atoms with Crippen LogP contribution in [-0.2, 0) is 0 Å². The third-order valence-corrected chi connectivity index (χ3v) is 5.18. The lowest BCUT2D eigenvalue weighted by molar-refractivity contribution is 0.0471.